The molecule has 1 N–H and O–H groups in total. The van der Waals surface area contributed by atoms with Gasteiger partial charge in [-0.2, -0.15) is 0 Å². The van der Waals surface area contributed by atoms with Crippen LogP contribution in [0.5, 0.6) is 0 Å². The highest BCUT2D eigenvalue weighted by Gasteiger charge is 2.29. The third-order valence-corrected chi connectivity index (χ3v) is 3.19. The summed E-state index contributed by atoms with van der Waals surface area (Å²) in [5.41, 5.74) is 2.01. The maximum absolute atomic E-state index is 12.3. The average Bonchev–Trinajstić information content (AvgIpc) is 2.40. The monoisotopic (exact) mass is 243 g/mol. The van der Waals surface area contributed by atoms with E-state index in [0.29, 0.717) is 22.4 Å². The zero-order valence-corrected chi connectivity index (χ0v) is 10.7. The average molecular weight is 243 g/mol. The fourth-order valence-electron chi connectivity index (χ4n) is 2.10. The molecule has 0 atom stereocenters. The number of allylic oxidation sites excluding steroid dienone is 2. The van der Waals surface area contributed by atoms with Crippen molar-refractivity contribution in [2.75, 3.05) is 6.54 Å². The number of nitrogens with one attached hydrogen (secondary N) is 1. The fraction of sp³-hybridized carbons (Fsp3) is 0.333. The van der Waals surface area contributed by atoms with E-state index < -0.39 is 0 Å². The summed E-state index contributed by atoms with van der Waals surface area (Å²) < 4.78 is 0. The number of carbonyl (C=O) groups excluding carboxylic acids is 2. The molecule has 0 unspecified atom stereocenters. The van der Waals surface area contributed by atoms with E-state index in [0.717, 1.165) is 19.4 Å². The molecule has 1 aromatic rings. The second-order valence-corrected chi connectivity index (χ2v) is 4.48. The van der Waals surface area contributed by atoms with E-state index in [2.05, 4.69) is 12.2 Å². The standard InChI is InChI=1S/C15H17NO2/c1-3-4-9-16-13-10(2)14(17)11-7-5-6-8-12(11)15(13)18/h5-8,16H,3-4,9H2,1-2H3. The molecule has 0 amide bonds. The number of fused-ring (bicyclic) bond motifs is 1. The molecule has 2 rings (SSSR count). The molecular weight excluding hydrogens is 226 g/mol. The van der Waals surface area contributed by atoms with Crippen LogP contribution in [0.1, 0.15) is 47.4 Å². The number of carbonyl (C=O) groups is 2. The topological polar surface area (TPSA) is 46.2 Å². The smallest absolute Gasteiger partial charge is 0.209 e. The van der Waals surface area contributed by atoms with Crippen LogP contribution >= 0.6 is 0 Å². The molecular formula is C15H17NO2. The Labute approximate surface area is 107 Å². The molecule has 1 aliphatic carbocycles. The predicted molar refractivity (Wildman–Crippen MR) is 70.7 cm³/mol. The summed E-state index contributed by atoms with van der Waals surface area (Å²) in [6.45, 7) is 4.53. The van der Waals surface area contributed by atoms with Crippen molar-refractivity contribution >= 4 is 11.6 Å². The van der Waals surface area contributed by atoms with Gasteiger partial charge >= 0.3 is 0 Å². The van der Waals surface area contributed by atoms with Crippen molar-refractivity contribution in [2.24, 2.45) is 0 Å². The number of ketones is 2. The molecule has 94 valence electrons. The van der Waals surface area contributed by atoms with Gasteiger partial charge in [0.15, 0.2) is 5.78 Å². The zero-order chi connectivity index (χ0) is 13.1. The largest absolute Gasteiger partial charge is 0.382 e. The second kappa shape index (κ2) is 5.17. The Morgan fingerprint density at radius 2 is 1.67 bits per heavy atom. The first-order chi connectivity index (χ1) is 8.66. The van der Waals surface area contributed by atoms with E-state index in [1.165, 1.54) is 0 Å². The zero-order valence-electron chi connectivity index (χ0n) is 10.7. The van der Waals surface area contributed by atoms with Crippen LogP contribution < -0.4 is 5.32 Å². The van der Waals surface area contributed by atoms with Crippen molar-refractivity contribution in [3.63, 3.8) is 0 Å². The molecule has 3 nitrogen and oxygen atoms in total. The van der Waals surface area contributed by atoms with Crippen molar-refractivity contribution in [2.45, 2.75) is 26.7 Å². The molecule has 1 aliphatic rings. The Morgan fingerprint density at radius 1 is 1.06 bits per heavy atom. The number of hydrogen-bond donors (Lipinski definition) is 1. The predicted octanol–water partition coefficient (Wildman–Crippen LogP) is 2.73. The Morgan fingerprint density at radius 3 is 2.28 bits per heavy atom. The van der Waals surface area contributed by atoms with Gasteiger partial charge in [-0.1, -0.05) is 37.6 Å². The summed E-state index contributed by atoms with van der Waals surface area (Å²) in [5, 5.41) is 3.10. The molecule has 0 bridgehead atoms. The van der Waals surface area contributed by atoms with Crippen LogP contribution in [0.2, 0.25) is 0 Å². The van der Waals surface area contributed by atoms with Gasteiger partial charge in [0.05, 0.1) is 5.70 Å². The number of unbranched alkanes of at least 4 members (excludes halogenated alkanes) is 1. The van der Waals surface area contributed by atoms with Crippen molar-refractivity contribution in [3.05, 3.63) is 46.7 Å². The number of hydrogen-bond acceptors (Lipinski definition) is 3. The first-order valence-electron chi connectivity index (χ1n) is 6.30. The minimum Gasteiger partial charge on any atom is -0.382 e. The number of benzene rings is 1. The minimum absolute atomic E-state index is 0.0517. The lowest BCUT2D eigenvalue weighted by Gasteiger charge is -2.19. The van der Waals surface area contributed by atoms with Crippen LogP contribution in [0.25, 0.3) is 0 Å². The van der Waals surface area contributed by atoms with Crippen LogP contribution in [-0.2, 0) is 0 Å². The van der Waals surface area contributed by atoms with Gasteiger partial charge in [0.2, 0.25) is 5.78 Å². The van der Waals surface area contributed by atoms with Gasteiger partial charge in [-0.05, 0) is 13.3 Å². The maximum Gasteiger partial charge on any atom is 0.209 e. The first-order valence-corrected chi connectivity index (χ1v) is 6.30. The summed E-state index contributed by atoms with van der Waals surface area (Å²) in [4.78, 5) is 24.4. The van der Waals surface area contributed by atoms with Crippen molar-refractivity contribution in [1.82, 2.24) is 5.32 Å². The van der Waals surface area contributed by atoms with Gasteiger partial charge < -0.3 is 5.32 Å². The lowest BCUT2D eigenvalue weighted by atomic mass is 9.88. The molecule has 0 spiro atoms. The van der Waals surface area contributed by atoms with Gasteiger partial charge in [0, 0.05) is 23.2 Å². The molecule has 0 radical (unpaired) electrons. The highest BCUT2D eigenvalue weighted by Crippen LogP contribution is 2.24. The maximum atomic E-state index is 12.3. The van der Waals surface area contributed by atoms with E-state index in [1.54, 1.807) is 31.2 Å². The molecule has 0 saturated carbocycles. The lowest BCUT2D eigenvalue weighted by molar-refractivity contribution is 0.0968. The van der Waals surface area contributed by atoms with Crippen molar-refractivity contribution in [3.8, 4) is 0 Å². The number of rotatable bonds is 4. The highest BCUT2D eigenvalue weighted by atomic mass is 16.1. The van der Waals surface area contributed by atoms with E-state index in [1.807, 2.05) is 0 Å². The Hall–Kier alpha value is -1.90. The van der Waals surface area contributed by atoms with E-state index in [9.17, 15) is 9.59 Å². The lowest BCUT2D eigenvalue weighted by Crippen LogP contribution is -2.30. The highest BCUT2D eigenvalue weighted by molar-refractivity contribution is 6.26. The van der Waals surface area contributed by atoms with Crippen molar-refractivity contribution < 1.29 is 9.59 Å². The molecule has 3 heteroatoms. The molecule has 0 fully saturated rings. The van der Waals surface area contributed by atoms with E-state index >= 15 is 0 Å². The van der Waals surface area contributed by atoms with Gasteiger partial charge in [-0.15, -0.1) is 0 Å². The molecule has 1 aromatic carbocycles. The minimum atomic E-state index is -0.0706. The molecule has 0 saturated heterocycles. The van der Waals surface area contributed by atoms with Crippen LogP contribution in [0.15, 0.2) is 35.5 Å². The van der Waals surface area contributed by atoms with E-state index in [4.69, 9.17) is 0 Å². The third kappa shape index (κ3) is 2.08. The molecule has 0 aromatic heterocycles. The molecule has 0 aliphatic heterocycles. The van der Waals surface area contributed by atoms with Gasteiger partial charge in [0.1, 0.15) is 0 Å². The van der Waals surface area contributed by atoms with Crippen LogP contribution in [-0.4, -0.2) is 18.1 Å². The summed E-state index contributed by atoms with van der Waals surface area (Å²) in [6, 6.07) is 6.99. The number of Topliss-reactive ketones (excluding diaryl/α,β-unsaturated/α-hetero) is 2. The van der Waals surface area contributed by atoms with Crippen LogP contribution in [0, 0.1) is 0 Å². The summed E-state index contributed by atoms with van der Waals surface area (Å²) in [7, 11) is 0. The van der Waals surface area contributed by atoms with Gasteiger partial charge in [0.25, 0.3) is 0 Å². The second-order valence-electron chi connectivity index (χ2n) is 4.48. The van der Waals surface area contributed by atoms with Crippen molar-refractivity contribution in [1.29, 1.82) is 0 Å². The SMILES string of the molecule is CCCCNC1=C(C)C(=O)c2ccccc2C1=O. The summed E-state index contributed by atoms with van der Waals surface area (Å²) >= 11 is 0. The Kier molecular flexibility index (Phi) is 3.60. The summed E-state index contributed by atoms with van der Waals surface area (Å²) in [5.74, 6) is -0.122. The van der Waals surface area contributed by atoms with E-state index in [-0.39, 0.29) is 11.6 Å². The first kappa shape index (κ1) is 12.6. The fourth-order valence-corrected chi connectivity index (χ4v) is 2.10. The summed E-state index contributed by atoms with van der Waals surface area (Å²) in [6.07, 6.45) is 2.04. The van der Waals surface area contributed by atoms with Gasteiger partial charge in [-0.25, -0.2) is 0 Å². The Bertz CT molecular complexity index is 529. The van der Waals surface area contributed by atoms with Crippen LogP contribution in [0.4, 0.5) is 0 Å². The third-order valence-electron chi connectivity index (χ3n) is 3.19. The Balaban J connectivity index is 2.34. The van der Waals surface area contributed by atoms with Crippen LogP contribution in [0.3, 0.4) is 0 Å². The van der Waals surface area contributed by atoms with Gasteiger partial charge in [-0.3, -0.25) is 9.59 Å². The molecule has 18 heavy (non-hydrogen) atoms. The normalized spacial score (nSPS) is 14.8. The quantitative estimate of drug-likeness (QED) is 0.827. The molecule has 0 heterocycles.